The zero-order valence-corrected chi connectivity index (χ0v) is 5.88. The summed E-state index contributed by atoms with van der Waals surface area (Å²) in [5, 5.41) is 0. The zero-order chi connectivity index (χ0) is 7.28. The van der Waals surface area contributed by atoms with Crippen LogP contribution in [0.15, 0.2) is 11.7 Å². The molecule has 0 N–H and O–H groups in total. The highest BCUT2D eigenvalue weighted by atomic mass is 19.2. The van der Waals surface area contributed by atoms with Gasteiger partial charge in [-0.25, -0.2) is 8.78 Å². The fourth-order valence-corrected chi connectivity index (χ4v) is 0.504. The molecule has 0 fully saturated rings. The summed E-state index contributed by atoms with van der Waals surface area (Å²) in [6.45, 7) is 3.09. The second kappa shape index (κ2) is 4.48. The summed E-state index contributed by atoms with van der Waals surface area (Å²) < 4.78 is 24.1. The predicted octanol–water partition coefficient (Wildman–Crippen LogP) is 3.35. The van der Waals surface area contributed by atoms with Crippen LogP contribution < -0.4 is 0 Å². The molecular formula is C7H12F2. The van der Waals surface area contributed by atoms with Gasteiger partial charge in [0, 0.05) is 6.42 Å². The van der Waals surface area contributed by atoms with E-state index < -0.39 is 11.7 Å². The summed E-state index contributed by atoms with van der Waals surface area (Å²) >= 11 is 0. The third-order valence-electron chi connectivity index (χ3n) is 1.12. The standard InChI is InChI=1S/C7H12F2/c1-3-4-5-7(9)6(2)8/h3-5H2,1-2H3/b7-6-. The normalized spacial score (nSPS) is 13.3. The number of rotatable bonds is 3. The smallest absolute Gasteiger partial charge is 0.131 e. The highest BCUT2D eigenvalue weighted by molar-refractivity contribution is 4.95. The van der Waals surface area contributed by atoms with Crippen molar-refractivity contribution >= 4 is 0 Å². The van der Waals surface area contributed by atoms with E-state index in [2.05, 4.69) is 0 Å². The van der Waals surface area contributed by atoms with Crippen LogP contribution >= 0.6 is 0 Å². The molecule has 0 aliphatic heterocycles. The Morgan fingerprint density at radius 3 is 2.22 bits per heavy atom. The van der Waals surface area contributed by atoms with E-state index in [0.717, 1.165) is 19.8 Å². The lowest BCUT2D eigenvalue weighted by Crippen LogP contribution is -1.77. The van der Waals surface area contributed by atoms with E-state index in [0.29, 0.717) is 0 Å². The first-order valence-corrected chi connectivity index (χ1v) is 3.19. The second-order valence-electron chi connectivity index (χ2n) is 2.04. The summed E-state index contributed by atoms with van der Waals surface area (Å²) in [4.78, 5) is 0. The molecule has 0 aliphatic carbocycles. The van der Waals surface area contributed by atoms with E-state index in [-0.39, 0.29) is 6.42 Å². The monoisotopic (exact) mass is 134 g/mol. The maximum absolute atomic E-state index is 12.2. The molecule has 0 bridgehead atoms. The molecule has 0 amide bonds. The number of hydrogen-bond acceptors (Lipinski definition) is 0. The minimum atomic E-state index is -0.677. The number of hydrogen-bond donors (Lipinski definition) is 0. The van der Waals surface area contributed by atoms with Crippen molar-refractivity contribution < 1.29 is 8.78 Å². The number of unbranched alkanes of at least 4 members (excludes halogenated alkanes) is 1. The van der Waals surface area contributed by atoms with E-state index >= 15 is 0 Å². The summed E-state index contributed by atoms with van der Waals surface area (Å²) in [7, 11) is 0. The van der Waals surface area contributed by atoms with Gasteiger partial charge < -0.3 is 0 Å². The van der Waals surface area contributed by atoms with Gasteiger partial charge in [-0.1, -0.05) is 13.3 Å². The van der Waals surface area contributed by atoms with Crippen molar-refractivity contribution in [1.82, 2.24) is 0 Å². The van der Waals surface area contributed by atoms with Crippen molar-refractivity contribution in [2.75, 3.05) is 0 Å². The van der Waals surface area contributed by atoms with Crippen molar-refractivity contribution in [2.45, 2.75) is 33.1 Å². The van der Waals surface area contributed by atoms with Crippen LogP contribution in [0.4, 0.5) is 8.78 Å². The Morgan fingerprint density at radius 1 is 1.33 bits per heavy atom. The van der Waals surface area contributed by atoms with Gasteiger partial charge in [0.2, 0.25) is 0 Å². The lowest BCUT2D eigenvalue weighted by molar-refractivity contribution is 0.500. The minimum Gasteiger partial charge on any atom is -0.209 e. The van der Waals surface area contributed by atoms with Crippen molar-refractivity contribution in [1.29, 1.82) is 0 Å². The van der Waals surface area contributed by atoms with Crippen LogP contribution in [0.5, 0.6) is 0 Å². The molecule has 0 nitrogen and oxygen atoms in total. The zero-order valence-electron chi connectivity index (χ0n) is 5.88. The highest BCUT2D eigenvalue weighted by Gasteiger charge is 1.97. The fraction of sp³-hybridized carbons (Fsp3) is 0.714. The molecule has 2 heteroatoms. The van der Waals surface area contributed by atoms with Crippen LogP contribution in [-0.4, -0.2) is 0 Å². The molecule has 54 valence electrons. The first-order chi connectivity index (χ1) is 4.18. The van der Waals surface area contributed by atoms with Gasteiger partial charge in [0.05, 0.1) is 0 Å². The molecule has 0 heterocycles. The fourth-order valence-electron chi connectivity index (χ4n) is 0.504. The first kappa shape index (κ1) is 8.60. The quantitative estimate of drug-likeness (QED) is 0.555. The van der Waals surface area contributed by atoms with E-state index in [4.69, 9.17) is 0 Å². The molecule has 0 aromatic rings. The summed E-state index contributed by atoms with van der Waals surface area (Å²) in [6.07, 6.45) is 1.88. The summed E-state index contributed by atoms with van der Waals surface area (Å²) in [6, 6.07) is 0. The molecule has 0 spiro atoms. The lowest BCUT2D eigenvalue weighted by atomic mass is 10.2. The van der Waals surface area contributed by atoms with Crippen LogP contribution in [0.1, 0.15) is 33.1 Å². The predicted molar refractivity (Wildman–Crippen MR) is 34.4 cm³/mol. The van der Waals surface area contributed by atoms with Gasteiger partial charge in [-0.3, -0.25) is 0 Å². The van der Waals surface area contributed by atoms with Crippen LogP contribution in [0, 0.1) is 0 Å². The van der Waals surface area contributed by atoms with Gasteiger partial charge in [0.25, 0.3) is 0 Å². The molecule has 0 aromatic heterocycles. The molecule has 0 atom stereocenters. The molecule has 0 saturated heterocycles. The third kappa shape index (κ3) is 4.13. The Labute approximate surface area is 54.6 Å². The Bertz CT molecular complexity index is 101. The van der Waals surface area contributed by atoms with E-state index in [9.17, 15) is 8.78 Å². The van der Waals surface area contributed by atoms with Crippen molar-refractivity contribution in [3.05, 3.63) is 11.7 Å². The summed E-state index contributed by atoms with van der Waals surface area (Å²) in [5.41, 5.74) is 0. The Hall–Kier alpha value is -0.400. The maximum Gasteiger partial charge on any atom is 0.131 e. The second-order valence-corrected chi connectivity index (χ2v) is 2.04. The van der Waals surface area contributed by atoms with Crippen LogP contribution in [-0.2, 0) is 0 Å². The molecular weight excluding hydrogens is 122 g/mol. The van der Waals surface area contributed by atoms with E-state index in [1.807, 2.05) is 6.92 Å². The van der Waals surface area contributed by atoms with Crippen molar-refractivity contribution in [3.63, 3.8) is 0 Å². The molecule has 0 aliphatic rings. The molecule has 0 rings (SSSR count). The van der Waals surface area contributed by atoms with Gasteiger partial charge in [0.1, 0.15) is 11.7 Å². The number of allylic oxidation sites excluding steroid dienone is 2. The van der Waals surface area contributed by atoms with E-state index in [1.54, 1.807) is 0 Å². The Balaban J connectivity index is 3.50. The first-order valence-electron chi connectivity index (χ1n) is 3.19. The van der Waals surface area contributed by atoms with Gasteiger partial charge in [-0.2, -0.15) is 0 Å². The largest absolute Gasteiger partial charge is 0.209 e. The van der Waals surface area contributed by atoms with Crippen LogP contribution in [0.2, 0.25) is 0 Å². The van der Waals surface area contributed by atoms with E-state index in [1.165, 1.54) is 0 Å². The summed E-state index contributed by atoms with van der Waals surface area (Å²) in [5.74, 6) is -1.28. The average molecular weight is 134 g/mol. The van der Waals surface area contributed by atoms with Gasteiger partial charge in [-0.15, -0.1) is 0 Å². The highest BCUT2D eigenvalue weighted by Crippen LogP contribution is 2.13. The molecule has 0 unspecified atom stereocenters. The SMILES string of the molecule is CCCC/C(F)=C(\C)F. The molecule has 0 aromatic carbocycles. The Morgan fingerprint density at radius 2 is 1.89 bits per heavy atom. The van der Waals surface area contributed by atoms with Crippen LogP contribution in [0.3, 0.4) is 0 Å². The van der Waals surface area contributed by atoms with Crippen molar-refractivity contribution in [3.8, 4) is 0 Å². The van der Waals surface area contributed by atoms with Gasteiger partial charge in [0.15, 0.2) is 0 Å². The lowest BCUT2D eigenvalue weighted by Gasteiger charge is -1.93. The third-order valence-corrected chi connectivity index (χ3v) is 1.12. The molecule has 0 radical (unpaired) electrons. The topological polar surface area (TPSA) is 0 Å². The minimum absolute atomic E-state index is 0.249. The number of halogens is 2. The molecule has 9 heavy (non-hydrogen) atoms. The van der Waals surface area contributed by atoms with Crippen LogP contribution in [0.25, 0.3) is 0 Å². The van der Waals surface area contributed by atoms with Crippen molar-refractivity contribution in [2.24, 2.45) is 0 Å². The molecule has 0 saturated carbocycles. The average Bonchev–Trinajstić information content (AvgIpc) is 1.82. The van der Waals surface area contributed by atoms with Gasteiger partial charge in [-0.05, 0) is 13.3 Å². The van der Waals surface area contributed by atoms with Gasteiger partial charge >= 0.3 is 0 Å². The Kier molecular flexibility index (Phi) is 4.28. The maximum atomic E-state index is 12.2.